The highest BCUT2D eigenvalue weighted by atomic mass is 16.5. The largest absolute Gasteiger partial charge is 0.497 e. The third kappa shape index (κ3) is 4.08. The molecule has 1 fully saturated rings. The Bertz CT molecular complexity index is 803. The summed E-state index contributed by atoms with van der Waals surface area (Å²) in [6.45, 7) is 2.30. The van der Waals surface area contributed by atoms with Crippen molar-refractivity contribution in [2.24, 2.45) is 0 Å². The number of hydrogen-bond donors (Lipinski definition) is 1. The zero-order valence-corrected chi connectivity index (χ0v) is 16.6. The predicted octanol–water partition coefficient (Wildman–Crippen LogP) is 4.56. The molecule has 1 saturated carbocycles. The molecule has 2 aromatic carbocycles. The predicted molar refractivity (Wildman–Crippen MR) is 113 cm³/mol. The molecule has 2 amide bonds. The second-order valence-electron chi connectivity index (χ2n) is 7.70. The molecule has 148 valence electrons. The van der Waals surface area contributed by atoms with E-state index in [-0.39, 0.29) is 6.03 Å². The van der Waals surface area contributed by atoms with Crippen molar-refractivity contribution in [1.29, 1.82) is 0 Å². The maximum atomic E-state index is 13.0. The maximum Gasteiger partial charge on any atom is 0.322 e. The summed E-state index contributed by atoms with van der Waals surface area (Å²) >= 11 is 0. The number of methoxy groups -OCH3 is 1. The SMILES string of the molecule is COc1ccc2c(c1)N(Cc1ccccc1)CCN2C(=O)NC1CCCCC1. The third-order valence-electron chi connectivity index (χ3n) is 5.80. The fraction of sp³-hybridized carbons (Fsp3) is 0.435. The zero-order valence-electron chi connectivity index (χ0n) is 16.6. The van der Waals surface area contributed by atoms with Gasteiger partial charge >= 0.3 is 6.03 Å². The standard InChI is InChI=1S/C23H29N3O2/c1-28-20-12-13-21-22(16-20)25(17-18-8-4-2-5-9-18)14-15-26(21)23(27)24-19-10-6-3-7-11-19/h2,4-5,8-9,12-13,16,19H,3,6-7,10-11,14-15,17H2,1H3,(H,24,27). The van der Waals surface area contributed by atoms with Crippen molar-refractivity contribution in [2.75, 3.05) is 30.0 Å². The van der Waals surface area contributed by atoms with Crippen molar-refractivity contribution in [3.63, 3.8) is 0 Å². The monoisotopic (exact) mass is 379 g/mol. The highest BCUT2D eigenvalue weighted by Crippen LogP contribution is 2.37. The molecule has 0 atom stereocenters. The van der Waals surface area contributed by atoms with E-state index in [1.54, 1.807) is 7.11 Å². The summed E-state index contributed by atoms with van der Waals surface area (Å²) in [6, 6.07) is 16.8. The summed E-state index contributed by atoms with van der Waals surface area (Å²) in [7, 11) is 1.68. The van der Waals surface area contributed by atoms with Gasteiger partial charge in [0.2, 0.25) is 0 Å². The molecule has 0 unspecified atom stereocenters. The van der Waals surface area contributed by atoms with Crippen LogP contribution in [0.3, 0.4) is 0 Å². The number of carbonyl (C=O) groups is 1. The van der Waals surface area contributed by atoms with Gasteiger partial charge in [0, 0.05) is 31.7 Å². The summed E-state index contributed by atoms with van der Waals surface area (Å²) in [5.41, 5.74) is 3.26. The van der Waals surface area contributed by atoms with Crippen molar-refractivity contribution in [1.82, 2.24) is 5.32 Å². The first-order valence-electron chi connectivity index (χ1n) is 10.3. The number of rotatable bonds is 4. The molecule has 2 aliphatic rings. The summed E-state index contributed by atoms with van der Waals surface area (Å²) in [5.74, 6) is 0.811. The number of urea groups is 1. The summed E-state index contributed by atoms with van der Waals surface area (Å²) in [4.78, 5) is 17.2. The van der Waals surface area contributed by atoms with Gasteiger partial charge in [0.25, 0.3) is 0 Å². The second-order valence-corrected chi connectivity index (χ2v) is 7.70. The van der Waals surface area contributed by atoms with Crippen LogP contribution in [0.2, 0.25) is 0 Å². The lowest BCUT2D eigenvalue weighted by Crippen LogP contribution is -2.50. The second kappa shape index (κ2) is 8.55. The fourth-order valence-electron chi connectivity index (χ4n) is 4.25. The highest BCUT2D eigenvalue weighted by molar-refractivity contribution is 5.97. The smallest absolute Gasteiger partial charge is 0.322 e. The van der Waals surface area contributed by atoms with Crippen LogP contribution >= 0.6 is 0 Å². The van der Waals surface area contributed by atoms with Crippen molar-refractivity contribution in [2.45, 2.75) is 44.7 Å². The van der Waals surface area contributed by atoms with Crippen LogP contribution in [0.5, 0.6) is 5.75 Å². The molecule has 5 heteroatoms. The minimum atomic E-state index is 0.0256. The number of amides is 2. The van der Waals surface area contributed by atoms with Gasteiger partial charge in [0.05, 0.1) is 18.5 Å². The first-order valence-corrected chi connectivity index (χ1v) is 10.3. The number of ether oxygens (including phenoxy) is 1. The van der Waals surface area contributed by atoms with Gasteiger partial charge in [-0.15, -0.1) is 0 Å². The van der Waals surface area contributed by atoms with Gasteiger partial charge in [0.1, 0.15) is 5.75 Å². The normalized spacial score (nSPS) is 17.2. The number of anilines is 2. The van der Waals surface area contributed by atoms with Gasteiger partial charge in [-0.1, -0.05) is 49.6 Å². The Labute approximate surface area is 167 Å². The van der Waals surface area contributed by atoms with E-state index < -0.39 is 0 Å². The first-order chi connectivity index (χ1) is 13.7. The molecule has 1 aliphatic heterocycles. The molecular weight excluding hydrogens is 350 g/mol. The van der Waals surface area contributed by atoms with Gasteiger partial charge in [0.15, 0.2) is 0 Å². The van der Waals surface area contributed by atoms with E-state index in [0.717, 1.165) is 43.1 Å². The van der Waals surface area contributed by atoms with E-state index in [1.165, 1.54) is 24.8 Å². The van der Waals surface area contributed by atoms with Crippen LogP contribution in [0.1, 0.15) is 37.7 Å². The maximum absolute atomic E-state index is 13.0. The lowest BCUT2D eigenvalue weighted by atomic mass is 9.96. The van der Waals surface area contributed by atoms with Gasteiger partial charge in [-0.05, 0) is 30.5 Å². The van der Waals surface area contributed by atoms with Crippen molar-refractivity contribution in [3.05, 3.63) is 54.1 Å². The lowest BCUT2D eigenvalue weighted by molar-refractivity contribution is 0.238. The fourth-order valence-corrected chi connectivity index (χ4v) is 4.25. The minimum Gasteiger partial charge on any atom is -0.497 e. The van der Waals surface area contributed by atoms with E-state index >= 15 is 0 Å². The van der Waals surface area contributed by atoms with E-state index in [1.807, 2.05) is 29.2 Å². The molecule has 2 aromatic rings. The molecule has 0 radical (unpaired) electrons. The molecule has 1 N–H and O–H groups in total. The average molecular weight is 380 g/mol. The Hall–Kier alpha value is -2.69. The Morgan fingerprint density at radius 1 is 1.04 bits per heavy atom. The summed E-state index contributed by atoms with van der Waals surface area (Å²) < 4.78 is 5.45. The summed E-state index contributed by atoms with van der Waals surface area (Å²) in [6.07, 6.45) is 5.89. The molecule has 0 spiro atoms. The van der Waals surface area contributed by atoms with Crippen LogP contribution in [0.25, 0.3) is 0 Å². The number of hydrogen-bond acceptors (Lipinski definition) is 3. The quantitative estimate of drug-likeness (QED) is 0.847. The number of nitrogens with one attached hydrogen (secondary N) is 1. The molecule has 1 aliphatic carbocycles. The number of benzene rings is 2. The Balaban J connectivity index is 1.56. The van der Waals surface area contributed by atoms with Gasteiger partial charge in [-0.3, -0.25) is 4.90 Å². The van der Waals surface area contributed by atoms with Gasteiger partial charge in [-0.2, -0.15) is 0 Å². The van der Waals surface area contributed by atoms with Crippen molar-refractivity contribution in [3.8, 4) is 5.75 Å². The van der Waals surface area contributed by atoms with Gasteiger partial charge < -0.3 is 15.0 Å². The van der Waals surface area contributed by atoms with Crippen LogP contribution in [0.4, 0.5) is 16.2 Å². The number of carbonyl (C=O) groups excluding carboxylic acids is 1. The number of nitrogens with zero attached hydrogens (tertiary/aromatic N) is 2. The van der Waals surface area contributed by atoms with Crippen LogP contribution in [-0.4, -0.2) is 32.3 Å². The van der Waals surface area contributed by atoms with Crippen LogP contribution in [0, 0.1) is 0 Å². The summed E-state index contributed by atoms with van der Waals surface area (Å²) in [5, 5.41) is 3.26. The zero-order chi connectivity index (χ0) is 19.3. The van der Waals surface area contributed by atoms with E-state index in [2.05, 4.69) is 34.5 Å². The third-order valence-corrected chi connectivity index (χ3v) is 5.80. The van der Waals surface area contributed by atoms with Crippen molar-refractivity contribution < 1.29 is 9.53 Å². The molecule has 28 heavy (non-hydrogen) atoms. The van der Waals surface area contributed by atoms with E-state index in [4.69, 9.17) is 4.74 Å². The molecule has 5 nitrogen and oxygen atoms in total. The number of fused-ring (bicyclic) bond motifs is 1. The Kier molecular flexibility index (Phi) is 5.70. The highest BCUT2D eigenvalue weighted by Gasteiger charge is 2.29. The first kappa shape index (κ1) is 18.7. The topological polar surface area (TPSA) is 44.8 Å². The van der Waals surface area contributed by atoms with Crippen LogP contribution in [-0.2, 0) is 6.54 Å². The van der Waals surface area contributed by atoms with E-state index in [0.29, 0.717) is 12.6 Å². The molecule has 0 saturated heterocycles. The van der Waals surface area contributed by atoms with Crippen LogP contribution in [0.15, 0.2) is 48.5 Å². The molecule has 0 bridgehead atoms. The minimum absolute atomic E-state index is 0.0256. The van der Waals surface area contributed by atoms with Gasteiger partial charge in [-0.25, -0.2) is 4.79 Å². The van der Waals surface area contributed by atoms with Crippen LogP contribution < -0.4 is 19.9 Å². The van der Waals surface area contributed by atoms with Crippen molar-refractivity contribution >= 4 is 17.4 Å². The lowest BCUT2D eigenvalue weighted by Gasteiger charge is -2.38. The molecular formula is C23H29N3O2. The molecule has 1 heterocycles. The Morgan fingerprint density at radius 2 is 1.82 bits per heavy atom. The Morgan fingerprint density at radius 3 is 2.57 bits per heavy atom. The van der Waals surface area contributed by atoms with E-state index in [9.17, 15) is 4.79 Å². The molecule has 0 aromatic heterocycles. The average Bonchev–Trinajstić information content (AvgIpc) is 2.75. The molecule has 4 rings (SSSR count).